The summed E-state index contributed by atoms with van der Waals surface area (Å²) < 4.78 is 0. The minimum Gasteiger partial charge on any atom is -0.374 e. The predicted octanol–water partition coefficient (Wildman–Crippen LogP) is 2.24. The highest BCUT2D eigenvalue weighted by molar-refractivity contribution is 6.02. The lowest BCUT2D eigenvalue weighted by atomic mass is 10.1. The Morgan fingerprint density at radius 2 is 2.20 bits per heavy atom. The average Bonchev–Trinajstić information content (AvgIpc) is 2.28. The van der Waals surface area contributed by atoms with Crippen LogP contribution in [0, 0.1) is 0 Å². The van der Waals surface area contributed by atoms with Crippen LogP contribution in [0.15, 0.2) is 24.3 Å². The van der Waals surface area contributed by atoms with Gasteiger partial charge in [-0.3, -0.25) is 4.79 Å². The van der Waals surface area contributed by atoms with Crippen LogP contribution < -0.4 is 10.2 Å². The summed E-state index contributed by atoms with van der Waals surface area (Å²) in [6, 6.07) is 8.22. The first-order valence-corrected chi connectivity index (χ1v) is 5.39. The number of rotatable bonds is 2. The molecule has 0 aliphatic carbocycles. The molecule has 1 aliphatic rings. The molecule has 0 radical (unpaired) electrons. The van der Waals surface area contributed by atoms with Gasteiger partial charge in [0.25, 0.3) is 0 Å². The Balaban J connectivity index is 2.41. The lowest BCUT2D eigenvalue weighted by Crippen LogP contribution is -2.45. The lowest BCUT2D eigenvalue weighted by molar-refractivity contribution is -0.117. The maximum atomic E-state index is 11.8. The monoisotopic (exact) mass is 204 g/mol. The van der Waals surface area contributed by atoms with E-state index in [4.69, 9.17) is 0 Å². The van der Waals surface area contributed by atoms with Crippen molar-refractivity contribution in [3.05, 3.63) is 24.3 Å². The van der Waals surface area contributed by atoms with E-state index < -0.39 is 0 Å². The summed E-state index contributed by atoms with van der Waals surface area (Å²) >= 11 is 0. The number of anilines is 2. The fourth-order valence-corrected chi connectivity index (χ4v) is 1.89. The third kappa shape index (κ3) is 1.69. The van der Waals surface area contributed by atoms with Crippen LogP contribution >= 0.6 is 0 Å². The van der Waals surface area contributed by atoms with Crippen molar-refractivity contribution in [2.45, 2.75) is 26.3 Å². The molecule has 1 aromatic carbocycles. The van der Waals surface area contributed by atoms with E-state index in [1.165, 1.54) is 0 Å². The number of carbonyl (C=O) groups excluding carboxylic acids is 1. The molecule has 1 aliphatic heterocycles. The summed E-state index contributed by atoms with van der Waals surface area (Å²) in [5.74, 6) is 0.156. The molecule has 15 heavy (non-hydrogen) atoms. The molecule has 0 spiro atoms. The van der Waals surface area contributed by atoms with Gasteiger partial charge in [-0.2, -0.15) is 0 Å². The van der Waals surface area contributed by atoms with Crippen molar-refractivity contribution >= 4 is 17.3 Å². The van der Waals surface area contributed by atoms with E-state index in [1.54, 1.807) is 0 Å². The summed E-state index contributed by atoms with van der Waals surface area (Å²) in [5, 5.41) is 3.13. The van der Waals surface area contributed by atoms with Crippen molar-refractivity contribution in [2.24, 2.45) is 0 Å². The van der Waals surface area contributed by atoms with Gasteiger partial charge in [-0.05, 0) is 25.5 Å². The molecule has 0 bridgehead atoms. The second kappa shape index (κ2) is 3.93. The molecular formula is C12H16N2O. The van der Waals surface area contributed by atoms with Gasteiger partial charge in [-0.15, -0.1) is 0 Å². The molecule has 3 nitrogen and oxygen atoms in total. The number of benzene rings is 1. The van der Waals surface area contributed by atoms with Gasteiger partial charge < -0.3 is 10.2 Å². The summed E-state index contributed by atoms with van der Waals surface area (Å²) in [5.41, 5.74) is 2.06. The van der Waals surface area contributed by atoms with Gasteiger partial charge >= 0.3 is 0 Å². The van der Waals surface area contributed by atoms with Crippen molar-refractivity contribution in [3.63, 3.8) is 0 Å². The van der Waals surface area contributed by atoms with Crippen molar-refractivity contribution in [1.29, 1.82) is 0 Å². The molecule has 1 amide bonds. The van der Waals surface area contributed by atoms with E-state index in [9.17, 15) is 4.79 Å². The smallest absolute Gasteiger partial charge is 0.246 e. The highest BCUT2D eigenvalue weighted by atomic mass is 16.2. The minimum absolute atomic E-state index is 0.156. The van der Waals surface area contributed by atoms with E-state index in [1.807, 2.05) is 29.2 Å². The van der Waals surface area contributed by atoms with Crippen molar-refractivity contribution in [1.82, 2.24) is 0 Å². The van der Waals surface area contributed by atoms with Gasteiger partial charge in [0.05, 0.1) is 17.9 Å². The zero-order valence-electron chi connectivity index (χ0n) is 9.16. The van der Waals surface area contributed by atoms with Gasteiger partial charge in [0.2, 0.25) is 5.91 Å². The lowest BCUT2D eigenvalue weighted by Gasteiger charge is -2.34. The number of para-hydroxylation sites is 2. The first kappa shape index (κ1) is 10.0. The van der Waals surface area contributed by atoms with E-state index in [2.05, 4.69) is 19.2 Å². The molecule has 3 heteroatoms. The fourth-order valence-electron chi connectivity index (χ4n) is 1.89. The molecule has 1 unspecified atom stereocenters. The molecule has 0 saturated carbocycles. The third-order valence-electron chi connectivity index (χ3n) is 2.89. The molecule has 80 valence electrons. The van der Waals surface area contributed by atoms with E-state index in [0.29, 0.717) is 6.54 Å². The van der Waals surface area contributed by atoms with Crippen LogP contribution in [0.1, 0.15) is 20.3 Å². The van der Waals surface area contributed by atoms with Crippen molar-refractivity contribution in [3.8, 4) is 0 Å². The van der Waals surface area contributed by atoms with Crippen molar-refractivity contribution in [2.75, 3.05) is 16.8 Å². The fraction of sp³-hybridized carbons (Fsp3) is 0.417. The van der Waals surface area contributed by atoms with Crippen LogP contribution in [0.25, 0.3) is 0 Å². The summed E-state index contributed by atoms with van der Waals surface area (Å²) in [4.78, 5) is 13.7. The minimum atomic E-state index is 0.156. The standard InChI is InChI=1S/C12H16N2O/c1-3-9(2)14-11-7-5-4-6-10(11)13-8-12(14)15/h4-7,9,13H,3,8H2,1-2H3. The van der Waals surface area contributed by atoms with Gasteiger partial charge in [-0.25, -0.2) is 0 Å². The largest absolute Gasteiger partial charge is 0.374 e. The molecule has 1 aromatic rings. The van der Waals surface area contributed by atoms with Crippen LogP contribution in [-0.4, -0.2) is 18.5 Å². The van der Waals surface area contributed by atoms with Crippen LogP contribution in [0.3, 0.4) is 0 Å². The number of nitrogens with one attached hydrogen (secondary N) is 1. The van der Waals surface area contributed by atoms with E-state index in [0.717, 1.165) is 17.8 Å². The average molecular weight is 204 g/mol. The maximum absolute atomic E-state index is 11.8. The Hall–Kier alpha value is -1.51. The Kier molecular flexibility index (Phi) is 2.62. The molecule has 1 N–H and O–H groups in total. The predicted molar refractivity (Wildman–Crippen MR) is 62.2 cm³/mol. The van der Waals surface area contributed by atoms with Crippen LogP contribution in [0.5, 0.6) is 0 Å². The van der Waals surface area contributed by atoms with E-state index in [-0.39, 0.29) is 11.9 Å². The Morgan fingerprint density at radius 3 is 2.93 bits per heavy atom. The van der Waals surface area contributed by atoms with Gasteiger partial charge in [0, 0.05) is 6.04 Å². The number of nitrogens with zero attached hydrogens (tertiary/aromatic N) is 1. The molecule has 0 aromatic heterocycles. The molecular weight excluding hydrogens is 188 g/mol. The molecule has 0 saturated heterocycles. The van der Waals surface area contributed by atoms with Gasteiger partial charge in [-0.1, -0.05) is 19.1 Å². The second-order valence-electron chi connectivity index (χ2n) is 3.89. The number of amides is 1. The quantitative estimate of drug-likeness (QED) is 0.801. The summed E-state index contributed by atoms with van der Waals surface area (Å²) in [7, 11) is 0. The van der Waals surface area contributed by atoms with Gasteiger partial charge in [0.1, 0.15) is 0 Å². The van der Waals surface area contributed by atoms with Crippen LogP contribution in [0.4, 0.5) is 11.4 Å². The third-order valence-corrected chi connectivity index (χ3v) is 2.89. The number of carbonyl (C=O) groups is 1. The molecule has 1 atom stereocenters. The zero-order valence-corrected chi connectivity index (χ0v) is 9.16. The van der Waals surface area contributed by atoms with Crippen LogP contribution in [0.2, 0.25) is 0 Å². The van der Waals surface area contributed by atoms with Gasteiger partial charge in [0.15, 0.2) is 0 Å². The Bertz CT molecular complexity index is 376. The first-order chi connectivity index (χ1) is 7.24. The molecule has 2 rings (SSSR count). The Labute approximate surface area is 90.1 Å². The van der Waals surface area contributed by atoms with Crippen molar-refractivity contribution < 1.29 is 4.79 Å². The first-order valence-electron chi connectivity index (χ1n) is 5.39. The maximum Gasteiger partial charge on any atom is 0.246 e. The number of fused-ring (bicyclic) bond motifs is 1. The van der Waals surface area contributed by atoms with E-state index >= 15 is 0 Å². The highest BCUT2D eigenvalue weighted by Gasteiger charge is 2.26. The normalized spacial score (nSPS) is 16.9. The SMILES string of the molecule is CCC(C)N1C(=O)CNc2ccccc21. The second-order valence-corrected chi connectivity index (χ2v) is 3.89. The highest BCUT2D eigenvalue weighted by Crippen LogP contribution is 2.30. The summed E-state index contributed by atoms with van der Waals surface area (Å²) in [6.07, 6.45) is 0.972. The molecule has 1 heterocycles. The summed E-state index contributed by atoms with van der Waals surface area (Å²) in [6.45, 7) is 4.59. The van der Waals surface area contributed by atoms with Crippen LogP contribution in [-0.2, 0) is 4.79 Å². The topological polar surface area (TPSA) is 32.3 Å². The number of hydrogen-bond acceptors (Lipinski definition) is 2. The number of hydrogen-bond donors (Lipinski definition) is 1. The Morgan fingerprint density at radius 1 is 1.47 bits per heavy atom. The molecule has 0 fully saturated rings. The zero-order chi connectivity index (χ0) is 10.8.